The van der Waals surface area contributed by atoms with Crippen LogP contribution >= 0.6 is 12.2 Å². The Morgan fingerprint density at radius 2 is 2.38 bits per heavy atom. The Labute approximate surface area is 49.4 Å². The van der Waals surface area contributed by atoms with Gasteiger partial charge in [-0.25, -0.2) is 4.79 Å². The first-order chi connectivity index (χ1) is 3.70. The monoisotopic (exact) mass is 136 g/mol. The van der Waals surface area contributed by atoms with Crippen LogP contribution in [0.3, 0.4) is 0 Å². The van der Waals surface area contributed by atoms with Crippen molar-refractivity contribution in [3.8, 4) is 0 Å². The molecule has 5 heteroatoms. The third kappa shape index (κ3) is 0.764. The largest absolute Gasteiger partial charge is 0.517 e. The number of carbonyl (C=O) groups excluding carboxylic acids is 1. The number of ether oxygens (including phenoxy) is 2. The molecule has 44 valence electrons. The predicted molar refractivity (Wildman–Crippen MR) is 25.1 cm³/mol. The van der Waals surface area contributed by atoms with Crippen LogP contribution in [0.1, 0.15) is 0 Å². The van der Waals surface area contributed by atoms with Gasteiger partial charge < -0.3 is 9.47 Å². The van der Waals surface area contributed by atoms with Crippen molar-refractivity contribution in [1.29, 1.82) is 0 Å². The van der Waals surface area contributed by atoms with Crippen LogP contribution in [0.2, 0.25) is 0 Å². The van der Waals surface area contributed by atoms with Gasteiger partial charge in [-0.05, 0) is 12.2 Å². The number of alkyl halides is 1. The highest BCUT2D eigenvalue weighted by Gasteiger charge is 2.30. The maximum atomic E-state index is 11.9. The van der Waals surface area contributed by atoms with E-state index in [1.165, 1.54) is 0 Å². The summed E-state index contributed by atoms with van der Waals surface area (Å²) >= 11 is 4.18. The van der Waals surface area contributed by atoms with Gasteiger partial charge in [0.05, 0.1) is 0 Å². The fourth-order valence-corrected chi connectivity index (χ4v) is 0.401. The summed E-state index contributed by atoms with van der Waals surface area (Å²) in [6.07, 6.45) is -2.92. The molecule has 0 amide bonds. The molecule has 3 nitrogen and oxygen atoms in total. The highest BCUT2D eigenvalue weighted by Crippen LogP contribution is 2.09. The Morgan fingerprint density at radius 3 is 2.50 bits per heavy atom. The van der Waals surface area contributed by atoms with Gasteiger partial charge >= 0.3 is 12.5 Å². The van der Waals surface area contributed by atoms with E-state index in [9.17, 15) is 9.18 Å². The van der Waals surface area contributed by atoms with E-state index in [1.807, 2.05) is 0 Å². The van der Waals surface area contributed by atoms with Gasteiger partial charge in [-0.2, -0.15) is 4.39 Å². The first-order valence-corrected chi connectivity index (χ1v) is 2.17. The molecule has 0 aromatic carbocycles. The summed E-state index contributed by atoms with van der Waals surface area (Å²) in [4.78, 5) is 9.89. The summed E-state index contributed by atoms with van der Waals surface area (Å²) in [6, 6.07) is 0. The maximum Gasteiger partial charge on any atom is 0.517 e. The maximum absolute atomic E-state index is 11.9. The zero-order valence-electron chi connectivity index (χ0n) is 3.59. The van der Waals surface area contributed by atoms with Crippen LogP contribution in [0.4, 0.5) is 9.18 Å². The summed E-state index contributed by atoms with van der Waals surface area (Å²) < 4.78 is 19.6. The molecule has 1 aliphatic heterocycles. The van der Waals surface area contributed by atoms with Gasteiger partial charge in [0, 0.05) is 0 Å². The van der Waals surface area contributed by atoms with Crippen LogP contribution in [-0.2, 0) is 9.47 Å². The fourth-order valence-electron chi connectivity index (χ4n) is 0.285. The Balaban J connectivity index is 2.64. The van der Waals surface area contributed by atoms with Crippen LogP contribution in [0.15, 0.2) is 0 Å². The summed E-state index contributed by atoms with van der Waals surface area (Å²) in [5.74, 6) is 0. The van der Waals surface area contributed by atoms with E-state index in [0.717, 1.165) is 0 Å². The second kappa shape index (κ2) is 1.66. The van der Waals surface area contributed by atoms with Crippen molar-refractivity contribution in [2.75, 3.05) is 0 Å². The molecule has 1 rings (SSSR count). The van der Waals surface area contributed by atoms with E-state index in [-0.39, 0.29) is 0 Å². The lowest BCUT2D eigenvalue weighted by molar-refractivity contribution is 0.0701. The lowest BCUT2D eigenvalue weighted by atomic mass is 10.7. The molecule has 0 radical (unpaired) electrons. The zero-order valence-corrected chi connectivity index (χ0v) is 4.40. The van der Waals surface area contributed by atoms with E-state index in [1.54, 1.807) is 0 Å². The van der Waals surface area contributed by atoms with Gasteiger partial charge in [0.25, 0.3) is 0 Å². The van der Waals surface area contributed by atoms with Crippen molar-refractivity contribution in [3.63, 3.8) is 0 Å². The van der Waals surface area contributed by atoms with Crippen molar-refractivity contribution in [3.05, 3.63) is 0 Å². The molecule has 0 bridgehead atoms. The van der Waals surface area contributed by atoms with Gasteiger partial charge in [-0.15, -0.1) is 0 Å². The number of cyclic esters (lactones) is 2. The zero-order chi connectivity index (χ0) is 6.15. The summed E-state index contributed by atoms with van der Waals surface area (Å²) in [5.41, 5.74) is 0. The lowest BCUT2D eigenvalue weighted by Crippen LogP contribution is -2.05. The normalized spacial score (nSPS) is 27.4. The fraction of sp³-hybridized carbons (Fsp3) is 0.333. The minimum absolute atomic E-state index is 0.449. The van der Waals surface area contributed by atoms with Crippen molar-refractivity contribution in [1.82, 2.24) is 0 Å². The molecule has 1 unspecified atom stereocenters. The molecule has 1 fully saturated rings. The molecule has 8 heavy (non-hydrogen) atoms. The number of hydrogen-bond donors (Lipinski definition) is 0. The average Bonchev–Trinajstić information content (AvgIpc) is 1.85. The van der Waals surface area contributed by atoms with E-state index in [2.05, 4.69) is 21.7 Å². The van der Waals surface area contributed by atoms with E-state index >= 15 is 0 Å². The SMILES string of the molecule is O=C1OC(=S)C(F)O1. The van der Waals surface area contributed by atoms with Gasteiger partial charge in [-0.3, -0.25) is 0 Å². The van der Waals surface area contributed by atoms with Crippen molar-refractivity contribution in [2.24, 2.45) is 0 Å². The second-order valence-electron chi connectivity index (χ2n) is 1.10. The molecule has 1 saturated heterocycles. The highest BCUT2D eigenvalue weighted by molar-refractivity contribution is 7.80. The molecule has 0 saturated carbocycles. The van der Waals surface area contributed by atoms with Crippen molar-refractivity contribution < 1.29 is 18.7 Å². The van der Waals surface area contributed by atoms with Gasteiger partial charge in [0.2, 0.25) is 5.05 Å². The van der Waals surface area contributed by atoms with Gasteiger partial charge in [-0.1, -0.05) is 0 Å². The Morgan fingerprint density at radius 1 is 1.75 bits per heavy atom. The number of thiocarbonyl (C=S) groups is 1. The number of hydrogen-bond acceptors (Lipinski definition) is 4. The lowest BCUT2D eigenvalue weighted by Gasteiger charge is -1.86. The molecular formula is C3HFO3S. The Bertz CT molecular complexity index is 145. The molecule has 0 N–H and O–H groups in total. The van der Waals surface area contributed by atoms with Gasteiger partial charge in [0.1, 0.15) is 0 Å². The smallest absolute Gasteiger partial charge is 0.391 e. The first-order valence-electron chi connectivity index (χ1n) is 1.76. The van der Waals surface area contributed by atoms with Crippen LogP contribution < -0.4 is 0 Å². The minimum atomic E-state index is -1.85. The number of halogens is 1. The summed E-state index contributed by atoms with van der Waals surface area (Å²) in [6.45, 7) is 0. The molecule has 1 heterocycles. The first kappa shape index (κ1) is 5.43. The molecule has 0 aliphatic carbocycles. The third-order valence-electron chi connectivity index (χ3n) is 0.569. The Hall–Kier alpha value is -0.710. The molecule has 1 aliphatic rings. The minimum Gasteiger partial charge on any atom is -0.391 e. The topological polar surface area (TPSA) is 35.5 Å². The van der Waals surface area contributed by atoms with E-state index in [0.29, 0.717) is 0 Å². The molecule has 0 aromatic heterocycles. The highest BCUT2D eigenvalue weighted by atomic mass is 32.1. The molecule has 0 aromatic rings. The van der Waals surface area contributed by atoms with Gasteiger partial charge in [0.15, 0.2) is 0 Å². The van der Waals surface area contributed by atoms with Crippen molar-refractivity contribution in [2.45, 2.75) is 6.36 Å². The van der Waals surface area contributed by atoms with E-state index < -0.39 is 17.6 Å². The third-order valence-corrected chi connectivity index (χ3v) is 0.838. The van der Waals surface area contributed by atoms with Crippen LogP contribution in [0.25, 0.3) is 0 Å². The molecular weight excluding hydrogens is 135 g/mol. The van der Waals surface area contributed by atoms with E-state index in [4.69, 9.17) is 0 Å². The average molecular weight is 136 g/mol. The van der Waals surface area contributed by atoms with Crippen molar-refractivity contribution >= 4 is 23.4 Å². The predicted octanol–water partition coefficient (Wildman–Crippen LogP) is 0.776. The quantitative estimate of drug-likeness (QED) is 0.364. The summed E-state index contributed by atoms with van der Waals surface area (Å²) in [5, 5.41) is -0.449. The van der Waals surface area contributed by atoms with Crippen LogP contribution in [0, 0.1) is 0 Å². The summed E-state index contributed by atoms with van der Waals surface area (Å²) in [7, 11) is 0. The standard InChI is InChI=1S/C3HFO3S/c4-1-2(8)7-3(5)6-1/h1H. The number of rotatable bonds is 0. The molecule has 1 atom stereocenters. The Kier molecular flexibility index (Phi) is 1.13. The number of carbonyl (C=O) groups is 1. The molecule has 0 spiro atoms. The van der Waals surface area contributed by atoms with Crippen LogP contribution in [0.5, 0.6) is 0 Å². The van der Waals surface area contributed by atoms with Crippen LogP contribution in [-0.4, -0.2) is 17.6 Å². The second-order valence-corrected chi connectivity index (χ2v) is 1.51.